The van der Waals surface area contributed by atoms with E-state index in [4.69, 9.17) is 0 Å². The topological polar surface area (TPSA) is 6.48 Å². The van der Waals surface area contributed by atoms with Gasteiger partial charge in [0.05, 0.1) is 11.1 Å². The van der Waals surface area contributed by atoms with E-state index < -0.39 is 5.41 Å². The molecule has 3 aliphatic carbocycles. The summed E-state index contributed by atoms with van der Waals surface area (Å²) >= 11 is 0. The van der Waals surface area contributed by atoms with Gasteiger partial charge in [0.2, 0.25) is 0 Å². The standard InChI is InChI=1S/C77H67BN2/c1-46-23-14-15-26-50(46)48-41-57-54-29-22-33-61-71(54)80(67-34-21-20-32-60(67)77(61)58-30-18-16-27-51(58)52-28-17-19-31-59(52)77)78-65-37-36-53-56-44-63-64(75(7,8)40-39-74(63,5)6)45-62(56)76(9,10)69(53)72(65)79(68(42-48)70(57)78)66-38-35-49(73(2,3)4)43-55(66)47-24-12-11-13-25-47/h11-38,41-45H,39-40H2,1-10H3. The number of para-hydroxylation sites is 2. The van der Waals surface area contributed by atoms with Crippen LogP contribution in [0, 0.1) is 6.92 Å². The monoisotopic (exact) mass is 1030 g/mol. The molecule has 0 radical (unpaired) electrons. The van der Waals surface area contributed by atoms with Gasteiger partial charge in [-0.3, -0.25) is 0 Å². The predicted octanol–water partition coefficient (Wildman–Crippen LogP) is 18.7. The van der Waals surface area contributed by atoms with Crippen LogP contribution in [0.3, 0.4) is 0 Å². The van der Waals surface area contributed by atoms with Crippen LogP contribution in [0.1, 0.15) is 131 Å². The molecule has 16 rings (SSSR count). The van der Waals surface area contributed by atoms with E-state index in [0.717, 1.165) is 0 Å². The molecule has 0 saturated heterocycles. The van der Waals surface area contributed by atoms with E-state index in [-0.39, 0.29) is 28.5 Å². The quantitative estimate of drug-likeness (QED) is 0.163. The molecular formula is C77H67BN2. The van der Waals surface area contributed by atoms with Crippen LogP contribution in [-0.4, -0.2) is 6.85 Å². The molecule has 3 heterocycles. The Morgan fingerprint density at radius 3 is 1.71 bits per heavy atom. The zero-order valence-electron chi connectivity index (χ0n) is 47.9. The molecule has 6 aliphatic rings. The SMILES string of the molecule is Cc1ccccc1-c1cc2c3c(c1)N(c1ccc(C(C)(C)C)cc1-c1ccccc1)c1c(ccc4c1C(C)(C)c1cc5c(cc1-4)C(C)(C)CCC5(C)C)B3N1c3ccccc3C3(c4ccccc4-c4ccccc43)c3cccc-2c31. The second-order valence-corrected chi connectivity index (χ2v) is 27.0. The van der Waals surface area contributed by atoms with Crippen LogP contribution in [0.5, 0.6) is 0 Å². The smallest absolute Gasteiger partial charge is 0.333 e. The lowest BCUT2D eigenvalue weighted by molar-refractivity contribution is 0.331. The fraction of sp³-hybridized carbons (Fsp3) is 0.221. The second-order valence-electron chi connectivity index (χ2n) is 27.0. The molecule has 1 spiro atoms. The number of benzene rings is 10. The maximum absolute atomic E-state index is 2.82. The molecule has 3 aliphatic heterocycles. The third-order valence-corrected chi connectivity index (χ3v) is 20.4. The minimum atomic E-state index is -0.537. The van der Waals surface area contributed by atoms with Crippen LogP contribution < -0.4 is 20.6 Å². The van der Waals surface area contributed by atoms with Crippen molar-refractivity contribution < 1.29 is 0 Å². The normalized spacial score (nSPS) is 17.1. The Kier molecular flexibility index (Phi) is 9.59. The number of hydrogen-bond donors (Lipinski definition) is 0. The highest BCUT2D eigenvalue weighted by Crippen LogP contribution is 2.66. The summed E-state index contributed by atoms with van der Waals surface area (Å²) in [4.78, 5) is 5.59. The van der Waals surface area contributed by atoms with Crippen LogP contribution in [0.15, 0.2) is 200 Å². The van der Waals surface area contributed by atoms with Gasteiger partial charge in [-0.15, -0.1) is 0 Å². The van der Waals surface area contributed by atoms with Gasteiger partial charge in [0.25, 0.3) is 0 Å². The molecule has 0 bridgehead atoms. The fourth-order valence-electron chi connectivity index (χ4n) is 16.3. The Bertz CT molecular complexity index is 4310. The van der Waals surface area contributed by atoms with Crippen molar-refractivity contribution in [1.29, 1.82) is 0 Å². The van der Waals surface area contributed by atoms with Crippen molar-refractivity contribution in [2.75, 3.05) is 9.71 Å². The highest BCUT2D eigenvalue weighted by atomic mass is 15.2. The van der Waals surface area contributed by atoms with Gasteiger partial charge in [0.15, 0.2) is 0 Å². The number of anilines is 5. The van der Waals surface area contributed by atoms with E-state index in [1.54, 1.807) is 0 Å². The van der Waals surface area contributed by atoms with Crippen molar-refractivity contribution >= 4 is 46.2 Å². The Morgan fingerprint density at radius 1 is 0.400 bits per heavy atom. The van der Waals surface area contributed by atoms with Gasteiger partial charge in [-0.2, -0.15) is 0 Å². The molecular weight excluding hydrogens is 964 g/mol. The van der Waals surface area contributed by atoms with Crippen LogP contribution >= 0.6 is 0 Å². The number of rotatable bonds is 3. The second kappa shape index (κ2) is 16.0. The highest BCUT2D eigenvalue weighted by molar-refractivity contribution is 6.94. The van der Waals surface area contributed by atoms with E-state index >= 15 is 0 Å². The molecule has 0 amide bonds. The average Bonchev–Trinajstić information content (AvgIpc) is 2.64. The summed E-state index contributed by atoms with van der Waals surface area (Å²) in [6, 6.07) is 78.5. The number of fused-ring (bicyclic) bond motifs is 18. The summed E-state index contributed by atoms with van der Waals surface area (Å²) in [7, 11) is 0. The molecule has 2 nitrogen and oxygen atoms in total. The third kappa shape index (κ3) is 6.11. The minimum Gasteiger partial charge on any atom is -0.376 e. The van der Waals surface area contributed by atoms with Gasteiger partial charge >= 0.3 is 6.85 Å². The summed E-state index contributed by atoms with van der Waals surface area (Å²) in [6.45, 7) is 24.2. The summed E-state index contributed by atoms with van der Waals surface area (Å²) in [6.07, 6.45) is 2.36. The lowest BCUT2D eigenvalue weighted by Crippen LogP contribution is -2.63. The summed E-state index contributed by atoms with van der Waals surface area (Å²) in [5.74, 6) is 0. The molecule has 0 aromatic heterocycles. The van der Waals surface area contributed by atoms with E-state index in [1.165, 1.54) is 163 Å². The number of aryl methyl sites for hydroxylation is 1. The minimum absolute atomic E-state index is 0.0663. The van der Waals surface area contributed by atoms with Crippen LogP contribution in [0.2, 0.25) is 0 Å². The molecule has 0 fully saturated rings. The van der Waals surface area contributed by atoms with Gasteiger partial charge in [-0.05, 0) is 183 Å². The van der Waals surface area contributed by atoms with E-state index in [9.17, 15) is 0 Å². The maximum Gasteiger partial charge on any atom is 0.333 e. The third-order valence-electron chi connectivity index (χ3n) is 20.4. The fourth-order valence-corrected chi connectivity index (χ4v) is 16.3. The zero-order valence-corrected chi connectivity index (χ0v) is 47.9. The molecule has 10 aromatic carbocycles. The zero-order chi connectivity index (χ0) is 54.6. The van der Waals surface area contributed by atoms with Crippen LogP contribution in [0.25, 0.3) is 55.6 Å². The molecule has 80 heavy (non-hydrogen) atoms. The Labute approximate surface area is 473 Å². The van der Waals surface area contributed by atoms with Crippen molar-refractivity contribution in [2.45, 2.75) is 109 Å². The van der Waals surface area contributed by atoms with E-state index in [2.05, 4.69) is 279 Å². The number of nitrogens with zero attached hydrogens (tertiary/aromatic N) is 2. The molecule has 10 aromatic rings. The first-order chi connectivity index (χ1) is 38.5. The first-order valence-electron chi connectivity index (χ1n) is 29.3. The summed E-state index contributed by atoms with van der Waals surface area (Å²) in [5.41, 5.74) is 35.0. The van der Waals surface area contributed by atoms with Gasteiger partial charge < -0.3 is 9.71 Å². The first-order valence-corrected chi connectivity index (χ1v) is 29.3. The van der Waals surface area contributed by atoms with Gasteiger partial charge in [0.1, 0.15) is 0 Å². The highest BCUT2D eigenvalue weighted by Gasteiger charge is 2.57. The molecule has 0 N–H and O–H groups in total. The van der Waals surface area contributed by atoms with Crippen LogP contribution in [-0.2, 0) is 27.1 Å². The molecule has 0 saturated carbocycles. The molecule has 388 valence electrons. The Balaban J connectivity index is 1.08. The molecule has 3 heteroatoms. The summed E-state index contributed by atoms with van der Waals surface area (Å²) < 4.78 is 0. The van der Waals surface area contributed by atoms with Gasteiger partial charge in [-0.1, -0.05) is 226 Å². The Hall–Kier alpha value is -8.14. The van der Waals surface area contributed by atoms with E-state index in [1.807, 2.05) is 0 Å². The largest absolute Gasteiger partial charge is 0.376 e. The van der Waals surface area contributed by atoms with Crippen molar-refractivity contribution in [3.8, 4) is 55.6 Å². The Morgan fingerprint density at radius 2 is 1.01 bits per heavy atom. The van der Waals surface area contributed by atoms with Crippen molar-refractivity contribution in [1.82, 2.24) is 0 Å². The van der Waals surface area contributed by atoms with Gasteiger partial charge in [0, 0.05) is 39.3 Å². The lowest BCUT2D eigenvalue weighted by Gasteiger charge is -2.53. The van der Waals surface area contributed by atoms with Crippen molar-refractivity contribution in [3.05, 3.63) is 256 Å². The van der Waals surface area contributed by atoms with E-state index in [0.29, 0.717) is 0 Å². The summed E-state index contributed by atoms with van der Waals surface area (Å²) in [5, 5.41) is 0. The molecule has 0 unspecified atom stereocenters. The molecule has 0 atom stereocenters. The number of hydrogen-bond acceptors (Lipinski definition) is 2. The average molecular weight is 1030 g/mol. The lowest BCUT2D eigenvalue weighted by atomic mass is 9.41. The van der Waals surface area contributed by atoms with Crippen molar-refractivity contribution in [2.24, 2.45) is 0 Å². The first kappa shape index (κ1) is 47.8. The van der Waals surface area contributed by atoms with Crippen molar-refractivity contribution in [3.63, 3.8) is 0 Å². The van der Waals surface area contributed by atoms with Gasteiger partial charge in [-0.25, -0.2) is 0 Å². The predicted molar refractivity (Wildman–Crippen MR) is 338 cm³/mol. The van der Waals surface area contributed by atoms with Crippen LogP contribution in [0.4, 0.5) is 28.4 Å². The maximum atomic E-state index is 2.82.